The normalized spacial score (nSPS) is 12.6. The molecule has 0 atom stereocenters. The molecule has 2 aromatic carbocycles. The van der Waals surface area contributed by atoms with Crippen LogP contribution in [0.3, 0.4) is 0 Å². The second kappa shape index (κ2) is 8.54. The van der Waals surface area contributed by atoms with E-state index in [1.165, 1.54) is 7.11 Å². The van der Waals surface area contributed by atoms with Gasteiger partial charge in [0.15, 0.2) is 17.3 Å². The molecule has 0 bridgehead atoms. The minimum atomic E-state index is -0.479. The first-order chi connectivity index (χ1) is 16.1. The van der Waals surface area contributed by atoms with Crippen molar-refractivity contribution in [3.05, 3.63) is 78.1 Å². The lowest BCUT2D eigenvalue weighted by Crippen LogP contribution is -2.35. The van der Waals surface area contributed by atoms with Crippen LogP contribution in [-0.2, 0) is 6.54 Å². The van der Waals surface area contributed by atoms with Crippen molar-refractivity contribution in [2.45, 2.75) is 6.54 Å². The van der Waals surface area contributed by atoms with E-state index in [1.54, 1.807) is 65.5 Å². The molecule has 0 fully saturated rings. The van der Waals surface area contributed by atoms with Gasteiger partial charge in [0.25, 0.3) is 5.91 Å². The van der Waals surface area contributed by atoms with Crippen LogP contribution in [-0.4, -0.2) is 45.3 Å². The fourth-order valence-corrected chi connectivity index (χ4v) is 3.53. The Balaban J connectivity index is 1.43. The number of hydrogen-bond donors (Lipinski definition) is 1. The van der Waals surface area contributed by atoms with Crippen LogP contribution in [0.4, 0.5) is 0 Å². The highest BCUT2D eigenvalue weighted by molar-refractivity contribution is 5.94. The fraction of sp³-hybridized carbons (Fsp3) is 0.125. The van der Waals surface area contributed by atoms with E-state index in [0.29, 0.717) is 58.6 Å². The zero-order chi connectivity index (χ0) is 22.8. The van der Waals surface area contributed by atoms with Crippen LogP contribution in [0, 0.1) is 0 Å². The van der Waals surface area contributed by atoms with Crippen molar-refractivity contribution in [3.63, 3.8) is 0 Å². The molecule has 0 saturated carbocycles. The third-order valence-corrected chi connectivity index (χ3v) is 5.17. The average molecular weight is 441 g/mol. The van der Waals surface area contributed by atoms with Gasteiger partial charge in [-0.3, -0.25) is 9.48 Å². The Morgan fingerprint density at radius 2 is 1.88 bits per heavy atom. The van der Waals surface area contributed by atoms with E-state index < -0.39 is 5.97 Å². The van der Waals surface area contributed by atoms with Crippen LogP contribution in [0.5, 0.6) is 11.5 Å². The number of amides is 1. The molecule has 0 spiro atoms. The molecular formula is C24H19N5O4. The highest BCUT2D eigenvalue weighted by Gasteiger charge is 2.21. The van der Waals surface area contributed by atoms with Crippen molar-refractivity contribution in [2.75, 3.05) is 13.7 Å². The summed E-state index contributed by atoms with van der Waals surface area (Å²) in [5.74, 6) is 0.480. The van der Waals surface area contributed by atoms with Crippen molar-refractivity contribution in [1.29, 1.82) is 0 Å². The number of aromatic nitrogens is 4. The molecule has 4 aromatic rings. The number of esters is 1. The van der Waals surface area contributed by atoms with Gasteiger partial charge in [-0.25, -0.2) is 14.8 Å². The van der Waals surface area contributed by atoms with Crippen molar-refractivity contribution in [1.82, 2.24) is 25.1 Å². The lowest BCUT2D eigenvalue weighted by molar-refractivity contribution is 0.0729. The quantitative estimate of drug-likeness (QED) is 0.375. The predicted octanol–water partition coefficient (Wildman–Crippen LogP) is 2.98. The first kappa shape index (κ1) is 20.4. The number of rotatable bonds is 5. The summed E-state index contributed by atoms with van der Waals surface area (Å²) < 4.78 is 12.6. The third-order valence-electron chi connectivity index (χ3n) is 5.17. The zero-order valence-corrected chi connectivity index (χ0v) is 17.7. The van der Waals surface area contributed by atoms with Crippen molar-refractivity contribution >= 4 is 11.9 Å². The molecule has 9 heteroatoms. The first-order valence-electron chi connectivity index (χ1n) is 10.3. The van der Waals surface area contributed by atoms with E-state index in [4.69, 9.17) is 9.47 Å². The van der Waals surface area contributed by atoms with E-state index in [1.807, 2.05) is 6.07 Å². The van der Waals surface area contributed by atoms with Gasteiger partial charge in [-0.2, -0.15) is 5.10 Å². The Morgan fingerprint density at radius 3 is 2.67 bits per heavy atom. The number of hydrogen-bond acceptors (Lipinski definition) is 7. The molecule has 0 radical (unpaired) electrons. The van der Waals surface area contributed by atoms with Crippen molar-refractivity contribution in [3.8, 4) is 34.3 Å². The summed E-state index contributed by atoms with van der Waals surface area (Å²) in [7, 11) is 1.50. The molecule has 164 valence electrons. The number of carbonyl (C=O) groups is 2. The minimum Gasteiger partial charge on any atom is -0.493 e. The monoisotopic (exact) mass is 441 g/mol. The number of methoxy groups -OCH3 is 1. The van der Waals surface area contributed by atoms with Gasteiger partial charge in [0.2, 0.25) is 0 Å². The molecule has 1 aliphatic rings. The summed E-state index contributed by atoms with van der Waals surface area (Å²) >= 11 is 0. The van der Waals surface area contributed by atoms with E-state index in [0.717, 1.165) is 0 Å². The smallest absolute Gasteiger partial charge is 0.343 e. The number of ether oxygens (including phenoxy) is 2. The van der Waals surface area contributed by atoms with Crippen LogP contribution in [0.25, 0.3) is 22.8 Å². The highest BCUT2D eigenvalue weighted by atomic mass is 16.6. The second-order valence-corrected chi connectivity index (χ2v) is 7.28. The Hall–Kier alpha value is -4.53. The molecule has 1 aliphatic heterocycles. The van der Waals surface area contributed by atoms with Crippen LogP contribution >= 0.6 is 0 Å². The van der Waals surface area contributed by atoms with Gasteiger partial charge in [-0.05, 0) is 42.5 Å². The van der Waals surface area contributed by atoms with Crippen LogP contribution in [0.1, 0.15) is 20.8 Å². The number of benzene rings is 2. The topological polar surface area (TPSA) is 108 Å². The number of carbonyl (C=O) groups excluding carboxylic acids is 2. The fourth-order valence-electron chi connectivity index (χ4n) is 3.53. The molecule has 1 amide bonds. The highest BCUT2D eigenvalue weighted by Crippen LogP contribution is 2.32. The summed E-state index contributed by atoms with van der Waals surface area (Å²) in [6.45, 7) is 1.16. The van der Waals surface area contributed by atoms with Gasteiger partial charge >= 0.3 is 5.97 Å². The number of fused-ring (bicyclic) bond motifs is 1. The molecule has 0 saturated heterocycles. The largest absolute Gasteiger partial charge is 0.493 e. The lowest BCUT2D eigenvalue weighted by atomic mass is 10.1. The van der Waals surface area contributed by atoms with Crippen LogP contribution in [0.15, 0.2) is 66.9 Å². The molecule has 1 N–H and O–H groups in total. The molecule has 33 heavy (non-hydrogen) atoms. The molecule has 3 heterocycles. The maximum absolute atomic E-state index is 12.4. The van der Waals surface area contributed by atoms with Gasteiger partial charge in [0.1, 0.15) is 11.4 Å². The summed E-state index contributed by atoms with van der Waals surface area (Å²) in [5.41, 5.74) is 2.80. The molecule has 0 unspecified atom stereocenters. The summed E-state index contributed by atoms with van der Waals surface area (Å²) in [4.78, 5) is 33.4. The molecule has 0 aliphatic carbocycles. The van der Waals surface area contributed by atoms with Crippen molar-refractivity contribution < 1.29 is 19.1 Å². The Bertz CT molecular complexity index is 1350. The first-order valence-corrected chi connectivity index (χ1v) is 10.3. The maximum Gasteiger partial charge on any atom is 0.343 e. The predicted molar refractivity (Wildman–Crippen MR) is 119 cm³/mol. The maximum atomic E-state index is 12.4. The third kappa shape index (κ3) is 4.03. The average Bonchev–Trinajstić information content (AvgIpc) is 3.31. The van der Waals surface area contributed by atoms with E-state index in [9.17, 15) is 9.59 Å². The summed E-state index contributed by atoms with van der Waals surface area (Å²) in [6.07, 6.45) is 1.63. The van der Waals surface area contributed by atoms with Gasteiger partial charge < -0.3 is 14.8 Å². The SMILES string of the molecule is COc1cc(-c2nccc(-c3cc4n(n3)CCNC4=O)n2)ccc1OC(=O)c1ccccc1. The van der Waals surface area contributed by atoms with Gasteiger partial charge in [0, 0.05) is 18.3 Å². The van der Waals surface area contributed by atoms with E-state index in [2.05, 4.69) is 20.4 Å². The Kier molecular flexibility index (Phi) is 5.27. The van der Waals surface area contributed by atoms with Crippen molar-refractivity contribution in [2.24, 2.45) is 0 Å². The minimum absolute atomic E-state index is 0.153. The Labute approximate surface area is 189 Å². The summed E-state index contributed by atoms with van der Waals surface area (Å²) in [6, 6.07) is 17.3. The number of nitrogens with one attached hydrogen (secondary N) is 1. The van der Waals surface area contributed by atoms with Gasteiger partial charge in [0.05, 0.1) is 24.9 Å². The zero-order valence-electron chi connectivity index (χ0n) is 17.7. The van der Waals surface area contributed by atoms with Gasteiger partial charge in [-0.1, -0.05) is 18.2 Å². The lowest BCUT2D eigenvalue weighted by Gasteiger charge is -2.13. The second-order valence-electron chi connectivity index (χ2n) is 7.28. The van der Waals surface area contributed by atoms with E-state index >= 15 is 0 Å². The molecule has 9 nitrogen and oxygen atoms in total. The molecular weight excluding hydrogens is 422 g/mol. The summed E-state index contributed by atoms with van der Waals surface area (Å²) in [5, 5.41) is 7.30. The Morgan fingerprint density at radius 1 is 1.03 bits per heavy atom. The molecule has 2 aromatic heterocycles. The standard InChI is InChI=1S/C24H19N5O4/c1-32-21-13-16(7-8-20(21)33-24(31)15-5-3-2-4-6-15)22-25-10-9-17(27-22)18-14-19-23(30)26-11-12-29(19)28-18/h2-10,13-14H,11-12H2,1H3,(H,26,30). The molecule has 5 rings (SSSR count). The van der Waals surface area contributed by atoms with Crippen LogP contribution in [0.2, 0.25) is 0 Å². The van der Waals surface area contributed by atoms with Crippen LogP contribution < -0.4 is 14.8 Å². The number of nitrogens with zero attached hydrogens (tertiary/aromatic N) is 4. The van der Waals surface area contributed by atoms with E-state index in [-0.39, 0.29) is 5.91 Å². The van der Waals surface area contributed by atoms with Gasteiger partial charge in [-0.15, -0.1) is 0 Å².